The summed E-state index contributed by atoms with van der Waals surface area (Å²) in [5.74, 6) is 1.23. The van der Waals surface area contributed by atoms with Crippen LogP contribution in [0.4, 0.5) is 0 Å². The third-order valence-corrected chi connectivity index (χ3v) is 6.24. The first-order chi connectivity index (χ1) is 8.82. The molecule has 4 nitrogen and oxygen atoms in total. The van der Waals surface area contributed by atoms with Crippen molar-refractivity contribution in [2.75, 3.05) is 19.3 Å². The van der Waals surface area contributed by atoms with Gasteiger partial charge >= 0.3 is 0 Å². The fourth-order valence-corrected chi connectivity index (χ4v) is 4.82. The molecule has 0 radical (unpaired) electrons. The van der Waals surface area contributed by atoms with E-state index in [9.17, 15) is 8.42 Å². The Labute approximate surface area is 117 Å². The monoisotopic (exact) mass is 288 g/mol. The summed E-state index contributed by atoms with van der Waals surface area (Å²) in [5.41, 5.74) is 6.51. The van der Waals surface area contributed by atoms with Crippen LogP contribution in [0.1, 0.15) is 51.9 Å². The number of rotatable bonds is 4. The summed E-state index contributed by atoms with van der Waals surface area (Å²) < 4.78 is 24.9. The van der Waals surface area contributed by atoms with Crippen LogP contribution in [0, 0.1) is 11.8 Å². The molecule has 0 aromatic rings. The van der Waals surface area contributed by atoms with Crippen molar-refractivity contribution in [1.82, 2.24) is 4.31 Å². The summed E-state index contributed by atoms with van der Waals surface area (Å²) in [4.78, 5) is 0. The van der Waals surface area contributed by atoms with E-state index in [0.717, 1.165) is 38.0 Å². The van der Waals surface area contributed by atoms with Crippen molar-refractivity contribution in [3.8, 4) is 0 Å². The van der Waals surface area contributed by atoms with Crippen molar-refractivity contribution in [2.24, 2.45) is 17.6 Å². The molecule has 2 N–H and O–H groups in total. The second-order valence-corrected chi connectivity index (χ2v) is 8.70. The number of nitrogens with two attached hydrogens (primary N) is 1. The molecule has 0 bridgehead atoms. The van der Waals surface area contributed by atoms with E-state index in [2.05, 4.69) is 6.92 Å². The summed E-state index contributed by atoms with van der Waals surface area (Å²) in [7, 11) is -3.04. The van der Waals surface area contributed by atoms with E-state index in [4.69, 9.17) is 5.73 Å². The second-order valence-electron chi connectivity index (χ2n) is 6.71. The molecule has 3 unspecified atom stereocenters. The molecule has 1 heterocycles. The summed E-state index contributed by atoms with van der Waals surface area (Å²) in [6, 6.07) is 0. The largest absolute Gasteiger partial charge is 0.325 e. The first-order valence-corrected chi connectivity index (χ1v) is 9.41. The highest BCUT2D eigenvalue weighted by Crippen LogP contribution is 2.40. The van der Waals surface area contributed by atoms with Crippen LogP contribution in [0.25, 0.3) is 0 Å². The molecule has 5 heteroatoms. The van der Waals surface area contributed by atoms with E-state index in [0.29, 0.717) is 19.0 Å². The SMILES string of the molecule is CCC1CCC(N)(CC2CCCN(S(C)(=O)=O)C2)C1. The molecule has 2 fully saturated rings. The van der Waals surface area contributed by atoms with Gasteiger partial charge in [0.25, 0.3) is 0 Å². The molecule has 0 aromatic heterocycles. The lowest BCUT2D eigenvalue weighted by molar-refractivity contribution is 0.212. The molecular weight excluding hydrogens is 260 g/mol. The van der Waals surface area contributed by atoms with Gasteiger partial charge in [0, 0.05) is 18.6 Å². The van der Waals surface area contributed by atoms with Crippen molar-refractivity contribution in [3.63, 3.8) is 0 Å². The molecule has 0 aromatic carbocycles. The van der Waals surface area contributed by atoms with E-state index in [1.165, 1.54) is 19.1 Å². The lowest BCUT2D eigenvalue weighted by atomic mass is 9.82. The standard InChI is InChI=1S/C14H28N2O2S/c1-3-12-6-7-14(15,9-12)10-13-5-4-8-16(11-13)19(2,17)18/h12-13H,3-11,15H2,1-2H3. The minimum Gasteiger partial charge on any atom is -0.325 e. The Bertz CT molecular complexity index is 410. The molecule has 2 aliphatic rings. The van der Waals surface area contributed by atoms with Gasteiger partial charge < -0.3 is 5.73 Å². The van der Waals surface area contributed by atoms with E-state index in [-0.39, 0.29) is 5.54 Å². The van der Waals surface area contributed by atoms with Crippen LogP contribution in [-0.4, -0.2) is 37.6 Å². The topological polar surface area (TPSA) is 63.4 Å². The normalized spacial score (nSPS) is 37.6. The zero-order valence-corrected chi connectivity index (χ0v) is 13.1. The van der Waals surface area contributed by atoms with Crippen molar-refractivity contribution in [2.45, 2.75) is 57.4 Å². The number of nitrogens with zero attached hydrogens (tertiary/aromatic N) is 1. The Morgan fingerprint density at radius 3 is 2.63 bits per heavy atom. The first-order valence-electron chi connectivity index (χ1n) is 7.56. The molecule has 0 amide bonds. The van der Waals surface area contributed by atoms with Crippen LogP contribution >= 0.6 is 0 Å². The third-order valence-electron chi connectivity index (χ3n) is 4.97. The zero-order valence-electron chi connectivity index (χ0n) is 12.3. The predicted octanol–water partition coefficient (Wildman–Crippen LogP) is 1.96. The van der Waals surface area contributed by atoms with Gasteiger partial charge in [0.15, 0.2) is 0 Å². The number of sulfonamides is 1. The van der Waals surface area contributed by atoms with Gasteiger partial charge in [-0.3, -0.25) is 0 Å². The molecule has 1 saturated carbocycles. The van der Waals surface area contributed by atoms with Gasteiger partial charge in [-0.15, -0.1) is 0 Å². The molecule has 1 saturated heterocycles. The van der Waals surface area contributed by atoms with Crippen molar-refractivity contribution >= 4 is 10.0 Å². The molecule has 112 valence electrons. The van der Waals surface area contributed by atoms with Crippen molar-refractivity contribution in [1.29, 1.82) is 0 Å². The van der Waals surface area contributed by atoms with Gasteiger partial charge in [-0.1, -0.05) is 13.3 Å². The van der Waals surface area contributed by atoms with Gasteiger partial charge in [-0.25, -0.2) is 12.7 Å². The molecular formula is C14H28N2O2S. The number of piperidine rings is 1. The molecule has 1 aliphatic carbocycles. The maximum atomic E-state index is 11.6. The smallest absolute Gasteiger partial charge is 0.211 e. The Morgan fingerprint density at radius 2 is 2.05 bits per heavy atom. The first kappa shape index (κ1) is 15.3. The number of hydrogen-bond acceptors (Lipinski definition) is 3. The van der Waals surface area contributed by atoms with E-state index >= 15 is 0 Å². The lowest BCUT2D eigenvalue weighted by Gasteiger charge is -2.36. The molecule has 3 atom stereocenters. The van der Waals surface area contributed by atoms with Crippen molar-refractivity contribution < 1.29 is 8.42 Å². The average molecular weight is 288 g/mol. The number of hydrogen-bond donors (Lipinski definition) is 1. The van der Waals surface area contributed by atoms with Gasteiger partial charge in [0.05, 0.1) is 6.26 Å². The Balaban J connectivity index is 1.92. The van der Waals surface area contributed by atoms with Gasteiger partial charge in [-0.2, -0.15) is 0 Å². The van der Waals surface area contributed by atoms with E-state index in [1.807, 2.05) is 0 Å². The van der Waals surface area contributed by atoms with Crippen LogP contribution < -0.4 is 5.73 Å². The maximum Gasteiger partial charge on any atom is 0.211 e. The minimum atomic E-state index is -3.04. The zero-order chi connectivity index (χ0) is 14.1. The molecule has 1 aliphatic heterocycles. The van der Waals surface area contributed by atoms with E-state index < -0.39 is 10.0 Å². The van der Waals surface area contributed by atoms with Crippen LogP contribution in [0.15, 0.2) is 0 Å². The van der Waals surface area contributed by atoms with E-state index in [1.54, 1.807) is 4.31 Å². The van der Waals surface area contributed by atoms with Crippen LogP contribution in [0.5, 0.6) is 0 Å². The predicted molar refractivity (Wildman–Crippen MR) is 78.3 cm³/mol. The lowest BCUT2D eigenvalue weighted by Crippen LogP contribution is -2.45. The maximum absolute atomic E-state index is 11.6. The Hall–Kier alpha value is -0.130. The molecule has 19 heavy (non-hydrogen) atoms. The van der Waals surface area contributed by atoms with Crippen LogP contribution in [0.2, 0.25) is 0 Å². The Morgan fingerprint density at radius 1 is 1.32 bits per heavy atom. The highest BCUT2D eigenvalue weighted by Gasteiger charge is 2.38. The molecule has 0 spiro atoms. The fraction of sp³-hybridized carbons (Fsp3) is 1.00. The van der Waals surface area contributed by atoms with Gasteiger partial charge in [0.1, 0.15) is 0 Å². The van der Waals surface area contributed by atoms with Crippen LogP contribution in [0.3, 0.4) is 0 Å². The minimum absolute atomic E-state index is 0.0359. The fourth-order valence-electron chi connectivity index (χ4n) is 3.87. The van der Waals surface area contributed by atoms with Crippen molar-refractivity contribution in [3.05, 3.63) is 0 Å². The highest BCUT2D eigenvalue weighted by molar-refractivity contribution is 7.88. The van der Waals surface area contributed by atoms with Gasteiger partial charge in [0.2, 0.25) is 10.0 Å². The average Bonchev–Trinajstić information content (AvgIpc) is 2.70. The van der Waals surface area contributed by atoms with Crippen LogP contribution in [-0.2, 0) is 10.0 Å². The van der Waals surface area contributed by atoms with Gasteiger partial charge in [-0.05, 0) is 50.4 Å². The summed E-state index contributed by atoms with van der Waals surface area (Å²) in [5, 5.41) is 0. The summed E-state index contributed by atoms with van der Waals surface area (Å²) in [6.07, 6.45) is 9.12. The third kappa shape index (κ3) is 3.92. The second kappa shape index (κ2) is 5.70. The summed E-state index contributed by atoms with van der Waals surface area (Å²) in [6.45, 7) is 3.60. The summed E-state index contributed by atoms with van der Waals surface area (Å²) >= 11 is 0. The Kier molecular flexibility index (Phi) is 4.58. The highest BCUT2D eigenvalue weighted by atomic mass is 32.2. The molecule has 2 rings (SSSR count). The quantitative estimate of drug-likeness (QED) is 0.860.